The highest BCUT2D eigenvalue weighted by atomic mass is 79.9. The minimum absolute atomic E-state index is 0.0445. The highest BCUT2D eigenvalue weighted by Gasteiger charge is 2.37. The molecule has 2 aromatic rings. The summed E-state index contributed by atoms with van der Waals surface area (Å²) in [6.07, 6.45) is 3.46. The predicted octanol–water partition coefficient (Wildman–Crippen LogP) is 2.58. The molecule has 1 heterocycles. The molecule has 1 aromatic heterocycles. The first kappa shape index (κ1) is 11.6. The maximum atomic E-state index is 5.84. The van der Waals surface area contributed by atoms with Crippen molar-refractivity contribution in [1.82, 2.24) is 20.2 Å². The largest absolute Gasteiger partial charge is 0.399 e. The van der Waals surface area contributed by atoms with Crippen LogP contribution < -0.4 is 5.73 Å². The molecule has 0 atom stereocenters. The fourth-order valence-corrected chi connectivity index (χ4v) is 2.76. The Balaban J connectivity index is 2.12. The van der Waals surface area contributed by atoms with Gasteiger partial charge >= 0.3 is 0 Å². The van der Waals surface area contributed by atoms with Crippen molar-refractivity contribution in [2.45, 2.75) is 31.7 Å². The smallest absolute Gasteiger partial charge is 0.183 e. The molecule has 1 aromatic carbocycles. The highest BCUT2D eigenvalue weighted by Crippen LogP contribution is 2.41. The van der Waals surface area contributed by atoms with E-state index >= 15 is 0 Å². The van der Waals surface area contributed by atoms with Gasteiger partial charge in [0.25, 0.3) is 0 Å². The number of hydrogen-bond acceptors (Lipinski definition) is 4. The minimum atomic E-state index is 0.0445. The molecular formula is C12H14BrN5. The molecule has 1 aliphatic rings. The van der Waals surface area contributed by atoms with Gasteiger partial charge in [0.1, 0.15) is 0 Å². The van der Waals surface area contributed by atoms with Gasteiger partial charge in [0.15, 0.2) is 5.82 Å². The molecule has 0 unspecified atom stereocenters. The second-order valence-corrected chi connectivity index (χ2v) is 5.86. The molecule has 5 nitrogen and oxygen atoms in total. The third-order valence-electron chi connectivity index (χ3n) is 3.64. The van der Waals surface area contributed by atoms with Crippen molar-refractivity contribution in [1.29, 1.82) is 0 Å². The molecular weight excluding hydrogens is 294 g/mol. The number of rotatable bonds is 2. The van der Waals surface area contributed by atoms with Crippen LogP contribution >= 0.6 is 15.9 Å². The van der Waals surface area contributed by atoms with Gasteiger partial charge in [-0.3, -0.25) is 0 Å². The average Bonchev–Trinajstić information content (AvgIpc) is 2.78. The van der Waals surface area contributed by atoms with Gasteiger partial charge in [-0.1, -0.05) is 15.9 Å². The van der Waals surface area contributed by atoms with Gasteiger partial charge < -0.3 is 5.73 Å². The van der Waals surface area contributed by atoms with E-state index in [4.69, 9.17) is 5.73 Å². The SMILES string of the molecule is CC1(n2nnnc2-c2cc(N)ccc2Br)CCC1. The van der Waals surface area contributed by atoms with Gasteiger partial charge in [-0.25, -0.2) is 4.68 Å². The first-order chi connectivity index (χ1) is 8.60. The van der Waals surface area contributed by atoms with E-state index in [1.54, 1.807) is 0 Å². The lowest BCUT2D eigenvalue weighted by molar-refractivity contribution is 0.148. The zero-order chi connectivity index (χ0) is 12.8. The number of aromatic nitrogens is 4. The van der Waals surface area contributed by atoms with Crippen molar-refractivity contribution >= 4 is 21.6 Å². The van der Waals surface area contributed by atoms with Crippen LogP contribution in [0.15, 0.2) is 22.7 Å². The molecule has 94 valence electrons. The van der Waals surface area contributed by atoms with Crippen molar-refractivity contribution in [2.75, 3.05) is 5.73 Å². The highest BCUT2D eigenvalue weighted by molar-refractivity contribution is 9.10. The lowest BCUT2D eigenvalue weighted by Gasteiger charge is -2.38. The number of tetrazole rings is 1. The summed E-state index contributed by atoms with van der Waals surface area (Å²) in [6, 6.07) is 5.67. The van der Waals surface area contributed by atoms with Gasteiger partial charge in [0.05, 0.1) is 5.54 Å². The summed E-state index contributed by atoms with van der Waals surface area (Å²) >= 11 is 3.53. The van der Waals surface area contributed by atoms with Crippen LogP contribution in [0.1, 0.15) is 26.2 Å². The Morgan fingerprint density at radius 3 is 2.83 bits per heavy atom. The Hall–Kier alpha value is -1.43. The first-order valence-corrected chi connectivity index (χ1v) is 6.74. The third kappa shape index (κ3) is 1.71. The van der Waals surface area contributed by atoms with Crippen molar-refractivity contribution in [2.24, 2.45) is 0 Å². The van der Waals surface area contributed by atoms with Crippen LogP contribution in [0.2, 0.25) is 0 Å². The Morgan fingerprint density at radius 1 is 1.39 bits per heavy atom. The summed E-state index contributed by atoms with van der Waals surface area (Å²) in [6.45, 7) is 2.19. The molecule has 6 heteroatoms. The molecule has 1 fully saturated rings. The maximum absolute atomic E-state index is 5.84. The quantitative estimate of drug-likeness (QED) is 0.866. The Kier molecular flexibility index (Phi) is 2.62. The number of halogens is 1. The number of anilines is 1. The molecule has 0 amide bonds. The van der Waals surface area contributed by atoms with Crippen LogP contribution in [-0.2, 0) is 5.54 Å². The van der Waals surface area contributed by atoms with Gasteiger partial charge in [0, 0.05) is 15.7 Å². The number of nitrogens with two attached hydrogens (primary N) is 1. The molecule has 0 radical (unpaired) electrons. The molecule has 0 saturated heterocycles. The normalized spacial score (nSPS) is 17.4. The zero-order valence-corrected chi connectivity index (χ0v) is 11.7. The Bertz CT molecular complexity index is 588. The lowest BCUT2D eigenvalue weighted by atomic mass is 9.78. The summed E-state index contributed by atoms with van der Waals surface area (Å²) in [5.41, 5.74) is 7.53. The Morgan fingerprint density at radius 2 is 2.17 bits per heavy atom. The van der Waals surface area contributed by atoms with Gasteiger partial charge in [-0.15, -0.1) is 5.10 Å². The van der Waals surface area contributed by atoms with Crippen LogP contribution in [-0.4, -0.2) is 20.2 Å². The van der Waals surface area contributed by atoms with Crippen LogP contribution in [0.4, 0.5) is 5.69 Å². The zero-order valence-electron chi connectivity index (χ0n) is 10.1. The van der Waals surface area contributed by atoms with E-state index < -0.39 is 0 Å². The summed E-state index contributed by atoms with van der Waals surface area (Å²) < 4.78 is 2.88. The number of benzene rings is 1. The molecule has 0 aliphatic heterocycles. The van der Waals surface area contributed by atoms with Crippen LogP contribution in [0.3, 0.4) is 0 Å². The van der Waals surface area contributed by atoms with E-state index in [2.05, 4.69) is 38.4 Å². The third-order valence-corrected chi connectivity index (χ3v) is 4.33. The van der Waals surface area contributed by atoms with Crippen molar-refractivity contribution in [3.8, 4) is 11.4 Å². The molecule has 2 N–H and O–H groups in total. The fourth-order valence-electron chi connectivity index (χ4n) is 2.33. The molecule has 0 spiro atoms. The molecule has 0 bridgehead atoms. The fraction of sp³-hybridized carbons (Fsp3) is 0.417. The maximum Gasteiger partial charge on any atom is 0.183 e. The summed E-state index contributed by atoms with van der Waals surface area (Å²) in [7, 11) is 0. The van der Waals surface area contributed by atoms with Crippen LogP contribution in [0.25, 0.3) is 11.4 Å². The predicted molar refractivity (Wildman–Crippen MR) is 72.9 cm³/mol. The van der Waals surface area contributed by atoms with Crippen molar-refractivity contribution in [3.63, 3.8) is 0 Å². The lowest BCUT2D eigenvalue weighted by Crippen LogP contribution is -2.38. The molecule has 18 heavy (non-hydrogen) atoms. The monoisotopic (exact) mass is 307 g/mol. The summed E-state index contributed by atoms with van der Waals surface area (Å²) in [5.74, 6) is 0.774. The topological polar surface area (TPSA) is 69.6 Å². The summed E-state index contributed by atoms with van der Waals surface area (Å²) in [5, 5.41) is 12.1. The van der Waals surface area contributed by atoms with Gasteiger partial charge in [0.2, 0.25) is 0 Å². The summed E-state index contributed by atoms with van der Waals surface area (Å²) in [4.78, 5) is 0. The van der Waals surface area contributed by atoms with Crippen LogP contribution in [0.5, 0.6) is 0 Å². The number of nitrogens with zero attached hydrogens (tertiary/aromatic N) is 4. The van der Waals surface area contributed by atoms with Gasteiger partial charge in [-0.2, -0.15) is 0 Å². The molecule has 1 aliphatic carbocycles. The standard InChI is InChI=1S/C12H14BrN5/c1-12(5-2-6-12)18-11(15-16-17-18)9-7-8(14)3-4-10(9)13/h3-4,7H,2,5-6,14H2,1H3. The average molecular weight is 308 g/mol. The second kappa shape index (κ2) is 4.05. The van der Waals surface area contributed by atoms with E-state index in [-0.39, 0.29) is 5.54 Å². The van der Waals surface area contributed by atoms with Gasteiger partial charge in [-0.05, 0) is 54.8 Å². The molecule has 3 rings (SSSR count). The van der Waals surface area contributed by atoms with Crippen molar-refractivity contribution in [3.05, 3.63) is 22.7 Å². The number of nitrogen functional groups attached to an aromatic ring is 1. The van der Waals surface area contributed by atoms with Crippen LogP contribution in [0, 0.1) is 0 Å². The Labute approximate surface area is 113 Å². The van der Waals surface area contributed by atoms with E-state index in [1.165, 1.54) is 6.42 Å². The minimum Gasteiger partial charge on any atom is -0.399 e. The van der Waals surface area contributed by atoms with E-state index in [0.717, 1.165) is 28.7 Å². The second-order valence-electron chi connectivity index (χ2n) is 5.00. The van der Waals surface area contributed by atoms with E-state index in [0.29, 0.717) is 5.69 Å². The van der Waals surface area contributed by atoms with E-state index in [1.807, 2.05) is 22.9 Å². The first-order valence-electron chi connectivity index (χ1n) is 5.94. The number of hydrogen-bond donors (Lipinski definition) is 1. The van der Waals surface area contributed by atoms with E-state index in [9.17, 15) is 0 Å². The molecule has 1 saturated carbocycles. The van der Waals surface area contributed by atoms with Crippen molar-refractivity contribution < 1.29 is 0 Å².